The Hall–Kier alpha value is -2.00. The minimum absolute atomic E-state index is 0.0846. The van der Waals surface area contributed by atoms with Gasteiger partial charge in [-0.05, 0) is 67.8 Å². The van der Waals surface area contributed by atoms with Crippen molar-refractivity contribution in [3.05, 3.63) is 58.1 Å². The van der Waals surface area contributed by atoms with E-state index in [2.05, 4.69) is 24.5 Å². The molecule has 0 saturated heterocycles. The summed E-state index contributed by atoms with van der Waals surface area (Å²) in [4.78, 5) is 12.0. The third-order valence-corrected chi connectivity index (χ3v) is 3.66. The van der Waals surface area contributed by atoms with Crippen molar-refractivity contribution in [1.29, 1.82) is 0 Å². The zero-order chi connectivity index (χ0) is 15.4. The molecule has 110 valence electrons. The summed E-state index contributed by atoms with van der Waals surface area (Å²) in [6, 6.07) is 11.5. The van der Waals surface area contributed by atoms with Crippen molar-refractivity contribution in [3.8, 4) is 0 Å². The number of aryl methyl sites for hydroxylation is 3. The van der Waals surface area contributed by atoms with E-state index in [1.807, 2.05) is 37.3 Å². The van der Waals surface area contributed by atoms with E-state index in [1.165, 1.54) is 11.1 Å². The van der Waals surface area contributed by atoms with Gasteiger partial charge < -0.3 is 10.6 Å². The fraction of sp³-hybridized carbons (Fsp3) is 0.235. The second-order valence-electron chi connectivity index (χ2n) is 5.16. The van der Waals surface area contributed by atoms with Crippen LogP contribution in [0.5, 0.6) is 0 Å². The first kappa shape index (κ1) is 15.4. The summed E-state index contributed by atoms with van der Waals surface area (Å²) in [7, 11) is 0. The van der Waals surface area contributed by atoms with Gasteiger partial charge in [0.15, 0.2) is 0 Å². The topological polar surface area (TPSA) is 41.1 Å². The average Bonchev–Trinajstić information content (AvgIpc) is 2.43. The Kier molecular flexibility index (Phi) is 4.86. The zero-order valence-corrected chi connectivity index (χ0v) is 13.2. The summed E-state index contributed by atoms with van der Waals surface area (Å²) in [5.74, 6) is -0.0846. The van der Waals surface area contributed by atoms with Crippen LogP contribution in [0.15, 0.2) is 36.4 Å². The van der Waals surface area contributed by atoms with Crippen LogP contribution < -0.4 is 10.6 Å². The van der Waals surface area contributed by atoms with E-state index >= 15 is 0 Å². The van der Waals surface area contributed by atoms with Crippen molar-refractivity contribution in [2.75, 3.05) is 17.2 Å². The summed E-state index contributed by atoms with van der Waals surface area (Å²) >= 11 is 5.90. The Morgan fingerprint density at radius 1 is 1.00 bits per heavy atom. The van der Waals surface area contributed by atoms with Crippen molar-refractivity contribution >= 4 is 28.9 Å². The van der Waals surface area contributed by atoms with Crippen LogP contribution >= 0.6 is 11.6 Å². The van der Waals surface area contributed by atoms with E-state index < -0.39 is 0 Å². The van der Waals surface area contributed by atoms with E-state index in [0.717, 1.165) is 16.9 Å². The highest BCUT2D eigenvalue weighted by Gasteiger charge is 2.05. The van der Waals surface area contributed by atoms with Gasteiger partial charge in [0, 0.05) is 16.4 Å². The van der Waals surface area contributed by atoms with Gasteiger partial charge in [-0.15, -0.1) is 0 Å². The molecular formula is C17H19ClN2O. The Balaban J connectivity index is 1.94. The van der Waals surface area contributed by atoms with Gasteiger partial charge in [-0.1, -0.05) is 17.7 Å². The predicted molar refractivity (Wildman–Crippen MR) is 89.2 cm³/mol. The number of amides is 1. The SMILES string of the molecule is Cc1ccc(NCC(=O)Nc2ccc(Cl)cc2C)cc1C. The largest absolute Gasteiger partial charge is 0.376 e. The molecule has 0 aromatic heterocycles. The average molecular weight is 303 g/mol. The molecule has 0 heterocycles. The Morgan fingerprint density at radius 3 is 2.43 bits per heavy atom. The summed E-state index contributed by atoms with van der Waals surface area (Å²) in [5, 5.41) is 6.66. The summed E-state index contributed by atoms with van der Waals surface area (Å²) in [6.07, 6.45) is 0. The van der Waals surface area contributed by atoms with Crippen molar-refractivity contribution in [1.82, 2.24) is 0 Å². The number of hydrogen-bond donors (Lipinski definition) is 2. The van der Waals surface area contributed by atoms with Crippen molar-refractivity contribution in [2.24, 2.45) is 0 Å². The number of rotatable bonds is 4. The zero-order valence-electron chi connectivity index (χ0n) is 12.5. The number of carbonyl (C=O) groups is 1. The molecule has 3 nitrogen and oxygen atoms in total. The second-order valence-corrected chi connectivity index (χ2v) is 5.60. The molecule has 0 aliphatic carbocycles. The van der Waals surface area contributed by atoms with E-state index in [1.54, 1.807) is 6.07 Å². The van der Waals surface area contributed by atoms with Crippen LogP contribution in [0.1, 0.15) is 16.7 Å². The Labute approximate surface area is 130 Å². The van der Waals surface area contributed by atoms with Gasteiger partial charge >= 0.3 is 0 Å². The van der Waals surface area contributed by atoms with Crippen molar-refractivity contribution in [3.63, 3.8) is 0 Å². The minimum atomic E-state index is -0.0846. The predicted octanol–water partition coefficient (Wildman–Crippen LogP) is 4.32. The molecule has 21 heavy (non-hydrogen) atoms. The Morgan fingerprint density at radius 2 is 1.76 bits per heavy atom. The number of carbonyl (C=O) groups excluding carboxylic acids is 1. The minimum Gasteiger partial charge on any atom is -0.376 e. The highest BCUT2D eigenvalue weighted by Crippen LogP contribution is 2.19. The molecule has 0 fully saturated rings. The van der Waals surface area contributed by atoms with Crippen molar-refractivity contribution < 1.29 is 4.79 Å². The molecule has 2 aromatic rings. The molecular weight excluding hydrogens is 284 g/mol. The lowest BCUT2D eigenvalue weighted by Crippen LogP contribution is -2.22. The lowest BCUT2D eigenvalue weighted by atomic mass is 10.1. The second kappa shape index (κ2) is 6.64. The molecule has 2 aromatic carbocycles. The first-order valence-corrected chi connectivity index (χ1v) is 7.20. The van der Waals surface area contributed by atoms with Crippen LogP contribution in [0.2, 0.25) is 5.02 Å². The van der Waals surface area contributed by atoms with Gasteiger partial charge in [-0.2, -0.15) is 0 Å². The lowest BCUT2D eigenvalue weighted by Gasteiger charge is -2.11. The summed E-state index contributed by atoms with van der Waals surface area (Å²) in [5.41, 5.74) is 5.12. The number of nitrogens with one attached hydrogen (secondary N) is 2. The first-order valence-electron chi connectivity index (χ1n) is 6.83. The van der Waals surface area contributed by atoms with Gasteiger partial charge in [0.2, 0.25) is 5.91 Å². The highest BCUT2D eigenvalue weighted by atomic mass is 35.5. The number of anilines is 2. The van der Waals surface area contributed by atoms with Gasteiger partial charge in [-0.3, -0.25) is 4.79 Å². The number of benzene rings is 2. The quantitative estimate of drug-likeness (QED) is 0.883. The fourth-order valence-corrected chi connectivity index (χ4v) is 2.22. The monoisotopic (exact) mass is 302 g/mol. The number of hydrogen-bond acceptors (Lipinski definition) is 2. The van der Waals surface area contributed by atoms with Crippen LogP contribution in [0, 0.1) is 20.8 Å². The summed E-state index contributed by atoms with van der Waals surface area (Å²) in [6.45, 7) is 6.26. The molecule has 0 bridgehead atoms. The summed E-state index contributed by atoms with van der Waals surface area (Å²) < 4.78 is 0. The molecule has 0 aliphatic heterocycles. The van der Waals surface area contributed by atoms with Crippen molar-refractivity contribution in [2.45, 2.75) is 20.8 Å². The van der Waals surface area contributed by atoms with Crippen LogP contribution in [0.25, 0.3) is 0 Å². The van der Waals surface area contributed by atoms with E-state index in [4.69, 9.17) is 11.6 Å². The highest BCUT2D eigenvalue weighted by molar-refractivity contribution is 6.30. The smallest absolute Gasteiger partial charge is 0.243 e. The number of halogens is 1. The maximum absolute atomic E-state index is 12.0. The lowest BCUT2D eigenvalue weighted by molar-refractivity contribution is -0.114. The van der Waals surface area contributed by atoms with Crippen LogP contribution in [-0.2, 0) is 4.79 Å². The Bertz CT molecular complexity index is 668. The van der Waals surface area contributed by atoms with Gasteiger partial charge in [0.05, 0.1) is 6.54 Å². The molecule has 2 rings (SSSR count). The standard InChI is InChI=1S/C17H19ClN2O/c1-11-4-6-15(9-12(11)2)19-10-17(21)20-16-7-5-14(18)8-13(16)3/h4-9,19H,10H2,1-3H3,(H,20,21). The molecule has 1 amide bonds. The van der Waals surface area contributed by atoms with Crippen LogP contribution in [0.4, 0.5) is 11.4 Å². The van der Waals surface area contributed by atoms with Gasteiger partial charge in [0.1, 0.15) is 0 Å². The van der Waals surface area contributed by atoms with E-state index in [0.29, 0.717) is 5.02 Å². The molecule has 0 aliphatic rings. The normalized spacial score (nSPS) is 10.3. The van der Waals surface area contributed by atoms with E-state index in [9.17, 15) is 4.79 Å². The van der Waals surface area contributed by atoms with Crippen LogP contribution in [0.3, 0.4) is 0 Å². The molecule has 0 unspecified atom stereocenters. The molecule has 4 heteroatoms. The van der Waals surface area contributed by atoms with Gasteiger partial charge in [0.25, 0.3) is 0 Å². The third-order valence-electron chi connectivity index (χ3n) is 3.42. The van der Waals surface area contributed by atoms with Gasteiger partial charge in [-0.25, -0.2) is 0 Å². The molecule has 0 spiro atoms. The third kappa shape index (κ3) is 4.23. The first-order chi connectivity index (χ1) is 9.95. The molecule has 0 radical (unpaired) electrons. The van der Waals surface area contributed by atoms with E-state index in [-0.39, 0.29) is 12.5 Å². The maximum Gasteiger partial charge on any atom is 0.243 e. The van der Waals surface area contributed by atoms with Crippen LogP contribution in [-0.4, -0.2) is 12.5 Å². The molecule has 0 atom stereocenters. The maximum atomic E-state index is 12.0. The fourth-order valence-electron chi connectivity index (χ4n) is 2.00. The molecule has 2 N–H and O–H groups in total. The molecule has 0 saturated carbocycles.